The van der Waals surface area contributed by atoms with Crippen molar-refractivity contribution in [2.24, 2.45) is 0 Å². The second-order valence-corrected chi connectivity index (χ2v) is 8.81. The fourth-order valence-corrected chi connectivity index (χ4v) is 4.54. The predicted octanol–water partition coefficient (Wildman–Crippen LogP) is 4.98. The van der Waals surface area contributed by atoms with E-state index in [9.17, 15) is 17.6 Å². The molecular formula is C24H20FN3O3S. The maximum atomic E-state index is 13.9. The summed E-state index contributed by atoms with van der Waals surface area (Å²) in [5, 5.41) is 2.72. The van der Waals surface area contributed by atoms with Crippen LogP contribution in [-0.2, 0) is 10.0 Å². The number of nitrogens with zero attached hydrogens (tertiary/aromatic N) is 1. The Morgan fingerprint density at radius 1 is 0.906 bits per heavy atom. The summed E-state index contributed by atoms with van der Waals surface area (Å²) in [5.41, 5.74) is 1.96. The van der Waals surface area contributed by atoms with Crippen LogP contribution in [0.5, 0.6) is 0 Å². The number of anilines is 2. The molecule has 0 aliphatic heterocycles. The zero-order valence-electron chi connectivity index (χ0n) is 17.1. The number of nitrogens with one attached hydrogen (secondary N) is 2. The molecule has 0 unspecified atom stereocenters. The van der Waals surface area contributed by atoms with Gasteiger partial charge in [-0.15, -0.1) is 0 Å². The Hall–Kier alpha value is -3.91. The van der Waals surface area contributed by atoms with Crippen molar-refractivity contribution >= 4 is 27.3 Å². The van der Waals surface area contributed by atoms with Crippen molar-refractivity contribution in [2.45, 2.75) is 11.8 Å². The lowest BCUT2D eigenvalue weighted by Crippen LogP contribution is -2.17. The van der Waals surface area contributed by atoms with Gasteiger partial charge in [0.05, 0.1) is 10.6 Å². The van der Waals surface area contributed by atoms with Crippen LogP contribution in [0.1, 0.15) is 15.9 Å². The molecule has 0 radical (unpaired) electrons. The van der Waals surface area contributed by atoms with Crippen LogP contribution in [0.15, 0.2) is 96.2 Å². The molecule has 162 valence electrons. The Balaban J connectivity index is 1.54. The van der Waals surface area contributed by atoms with Gasteiger partial charge < -0.3 is 9.88 Å². The highest BCUT2D eigenvalue weighted by Gasteiger charge is 2.20. The minimum atomic E-state index is -4.06. The molecule has 0 saturated carbocycles. The van der Waals surface area contributed by atoms with Gasteiger partial charge in [0.2, 0.25) is 0 Å². The van der Waals surface area contributed by atoms with E-state index in [2.05, 4.69) is 10.0 Å². The highest BCUT2D eigenvalue weighted by Crippen LogP contribution is 2.24. The van der Waals surface area contributed by atoms with Gasteiger partial charge >= 0.3 is 0 Å². The quantitative estimate of drug-likeness (QED) is 0.436. The zero-order chi connectivity index (χ0) is 22.7. The van der Waals surface area contributed by atoms with Gasteiger partial charge in [-0.2, -0.15) is 0 Å². The topological polar surface area (TPSA) is 80.2 Å². The molecule has 1 aromatic heterocycles. The Bertz CT molecular complexity index is 1370. The van der Waals surface area contributed by atoms with Gasteiger partial charge in [0.25, 0.3) is 15.9 Å². The lowest BCUT2D eigenvalue weighted by molar-refractivity contribution is 0.102. The van der Waals surface area contributed by atoms with Gasteiger partial charge in [-0.1, -0.05) is 18.2 Å². The van der Waals surface area contributed by atoms with Crippen LogP contribution >= 0.6 is 0 Å². The predicted molar refractivity (Wildman–Crippen MR) is 122 cm³/mol. The smallest absolute Gasteiger partial charge is 0.262 e. The summed E-state index contributed by atoms with van der Waals surface area (Å²) in [5.74, 6) is -1.06. The summed E-state index contributed by atoms with van der Waals surface area (Å²) in [4.78, 5) is 12.6. The van der Waals surface area contributed by atoms with E-state index in [4.69, 9.17) is 0 Å². The highest BCUT2D eigenvalue weighted by atomic mass is 32.2. The SMILES string of the molecule is Cc1ccc(NC(=O)c2ccc(-n3cccc3)cc2)cc1S(=O)(=O)Nc1ccccc1F. The van der Waals surface area contributed by atoms with Gasteiger partial charge in [0.1, 0.15) is 5.82 Å². The first-order valence-electron chi connectivity index (χ1n) is 9.76. The van der Waals surface area contributed by atoms with Crippen molar-refractivity contribution in [3.63, 3.8) is 0 Å². The Labute approximate surface area is 185 Å². The summed E-state index contributed by atoms with van der Waals surface area (Å²) >= 11 is 0. The number of sulfonamides is 1. The van der Waals surface area contributed by atoms with Gasteiger partial charge in [0.15, 0.2) is 0 Å². The fourth-order valence-electron chi connectivity index (χ4n) is 3.21. The lowest BCUT2D eigenvalue weighted by Gasteiger charge is -2.13. The third kappa shape index (κ3) is 4.55. The molecule has 0 bridgehead atoms. The molecule has 3 aromatic carbocycles. The van der Waals surface area contributed by atoms with Crippen molar-refractivity contribution in [2.75, 3.05) is 10.0 Å². The number of carbonyl (C=O) groups excluding carboxylic acids is 1. The standard InChI is InChI=1S/C24H20FN3O3S/c1-17-8-11-19(16-23(17)32(30,31)27-22-7-3-2-6-21(22)25)26-24(29)18-9-12-20(13-10-18)28-14-4-5-15-28/h2-16,27H,1H3,(H,26,29). The van der Waals surface area contributed by atoms with E-state index in [0.29, 0.717) is 16.8 Å². The molecule has 4 aromatic rings. The van der Waals surface area contributed by atoms with E-state index in [1.54, 1.807) is 31.2 Å². The van der Waals surface area contributed by atoms with Crippen molar-refractivity contribution in [1.82, 2.24) is 4.57 Å². The van der Waals surface area contributed by atoms with E-state index in [-0.39, 0.29) is 16.5 Å². The van der Waals surface area contributed by atoms with Gasteiger partial charge in [0, 0.05) is 29.3 Å². The number of halogens is 1. The van der Waals surface area contributed by atoms with Gasteiger partial charge in [-0.25, -0.2) is 12.8 Å². The van der Waals surface area contributed by atoms with Crippen molar-refractivity contribution in [1.29, 1.82) is 0 Å². The largest absolute Gasteiger partial charge is 0.324 e. The molecule has 0 aliphatic rings. The zero-order valence-corrected chi connectivity index (χ0v) is 17.9. The Morgan fingerprint density at radius 2 is 1.59 bits per heavy atom. The number of benzene rings is 3. The number of aryl methyl sites for hydroxylation is 1. The van der Waals surface area contributed by atoms with Crippen LogP contribution in [0.4, 0.5) is 15.8 Å². The Morgan fingerprint density at radius 3 is 2.28 bits per heavy atom. The highest BCUT2D eigenvalue weighted by molar-refractivity contribution is 7.92. The molecule has 0 saturated heterocycles. The van der Waals surface area contributed by atoms with Crippen molar-refractivity contribution < 1.29 is 17.6 Å². The van der Waals surface area contributed by atoms with Crippen molar-refractivity contribution in [3.8, 4) is 5.69 Å². The number of hydrogen-bond acceptors (Lipinski definition) is 3. The van der Waals surface area contributed by atoms with Gasteiger partial charge in [-0.3, -0.25) is 9.52 Å². The number of aromatic nitrogens is 1. The molecule has 8 heteroatoms. The molecule has 32 heavy (non-hydrogen) atoms. The molecule has 4 rings (SSSR count). The first-order valence-corrected chi connectivity index (χ1v) is 11.2. The molecule has 6 nitrogen and oxygen atoms in total. The monoisotopic (exact) mass is 449 g/mol. The Kier molecular flexibility index (Phi) is 5.79. The molecule has 0 aliphatic carbocycles. The number of para-hydroxylation sites is 1. The van der Waals surface area contributed by atoms with Crippen molar-refractivity contribution in [3.05, 3.63) is 108 Å². The molecule has 0 atom stereocenters. The first kappa shape index (κ1) is 21.3. The number of rotatable bonds is 6. The average Bonchev–Trinajstić information content (AvgIpc) is 3.31. The summed E-state index contributed by atoms with van der Waals surface area (Å²) in [6, 6.07) is 20.9. The summed E-state index contributed by atoms with van der Waals surface area (Å²) < 4.78 is 43.8. The average molecular weight is 450 g/mol. The van der Waals surface area contributed by atoms with E-state index in [1.807, 2.05) is 41.2 Å². The minimum absolute atomic E-state index is 0.0542. The van der Waals surface area contributed by atoms with Crippen LogP contribution < -0.4 is 10.0 Å². The third-order valence-corrected chi connectivity index (χ3v) is 6.39. The first-order chi connectivity index (χ1) is 15.3. The molecule has 2 N–H and O–H groups in total. The van der Waals surface area contributed by atoms with E-state index in [0.717, 1.165) is 5.69 Å². The van der Waals surface area contributed by atoms with Crippen LogP contribution in [-0.4, -0.2) is 18.9 Å². The van der Waals surface area contributed by atoms with Crippen LogP contribution in [0, 0.1) is 12.7 Å². The van der Waals surface area contributed by atoms with Crippen LogP contribution in [0.3, 0.4) is 0 Å². The summed E-state index contributed by atoms with van der Waals surface area (Å²) in [6.07, 6.45) is 3.80. The molecule has 1 amide bonds. The van der Waals surface area contributed by atoms with Crippen LogP contribution in [0.25, 0.3) is 5.69 Å². The van der Waals surface area contributed by atoms with Crippen LogP contribution in [0.2, 0.25) is 0 Å². The number of carbonyl (C=O) groups is 1. The lowest BCUT2D eigenvalue weighted by atomic mass is 10.1. The maximum absolute atomic E-state index is 13.9. The van der Waals surface area contributed by atoms with E-state index >= 15 is 0 Å². The molecule has 0 spiro atoms. The van der Waals surface area contributed by atoms with Gasteiger partial charge in [-0.05, 0) is 73.2 Å². The minimum Gasteiger partial charge on any atom is -0.324 e. The van der Waals surface area contributed by atoms with E-state index < -0.39 is 15.8 Å². The molecule has 0 fully saturated rings. The number of hydrogen-bond donors (Lipinski definition) is 2. The summed E-state index contributed by atoms with van der Waals surface area (Å²) in [7, 11) is -4.06. The second kappa shape index (κ2) is 8.68. The normalized spacial score (nSPS) is 11.2. The summed E-state index contributed by atoms with van der Waals surface area (Å²) in [6.45, 7) is 1.63. The molecule has 1 heterocycles. The molecular weight excluding hydrogens is 429 g/mol. The maximum Gasteiger partial charge on any atom is 0.262 e. The third-order valence-electron chi connectivity index (χ3n) is 4.89. The second-order valence-electron chi connectivity index (χ2n) is 7.16. The van der Waals surface area contributed by atoms with E-state index in [1.165, 1.54) is 30.3 Å². The number of amides is 1. The fraction of sp³-hybridized carbons (Fsp3) is 0.0417.